The average Bonchev–Trinajstić information content (AvgIpc) is 2.94. The number of aryl methyl sites for hydroxylation is 1. The summed E-state index contributed by atoms with van der Waals surface area (Å²) in [7, 11) is 0. The van der Waals surface area contributed by atoms with Crippen LogP contribution >= 0.6 is 0 Å². The van der Waals surface area contributed by atoms with Crippen LogP contribution in [-0.4, -0.2) is 22.8 Å². The molecule has 3 rings (SSSR count). The maximum Gasteiger partial charge on any atom is 0.148 e. The van der Waals surface area contributed by atoms with Gasteiger partial charge < -0.3 is 14.0 Å². The van der Waals surface area contributed by atoms with Crippen LogP contribution in [0.15, 0.2) is 42.5 Å². The van der Waals surface area contributed by atoms with E-state index in [-0.39, 0.29) is 0 Å². The standard InChI is InChI=1S/C20H24N2O2/c1-4-23-13-12-22-18-10-6-5-9-17(18)21-20(22)14-24-19-11-7-8-15(2)16(19)3/h5-11H,4,12-14H2,1-3H3. The van der Waals surface area contributed by atoms with E-state index in [1.807, 2.05) is 37.3 Å². The first-order chi connectivity index (χ1) is 11.7. The summed E-state index contributed by atoms with van der Waals surface area (Å²) in [6.07, 6.45) is 0. The zero-order valence-corrected chi connectivity index (χ0v) is 14.6. The molecular formula is C20H24N2O2. The molecule has 3 aromatic rings. The number of nitrogens with zero attached hydrogens (tertiary/aromatic N) is 2. The number of aromatic nitrogens is 2. The van der Waals surface area contributed by atoms with Crippen LogP contribution in [0, 0.1) is 13.8 Å². The van der Waals surface area contributed by atoms with E-state index in [1.165, 1.54) is 11.1 Å². The van der Waals surface area contributed by atoms with Crippen LogP contribution in [0.4, 0.5) is 0 Å². The number of ether oxygens (including phenoxy) is 2. The molecule has 0 aliphatic rings. The molecule has 0 N–H and O–H groups in total. The Morgan fingerprint density at radius 1 is 1.04 bits per heavy atom. The molecule has 4 nitrogen and oxygen atoms in total. The van der Waals surface area contributed by atoms with Crippen molar-refractivity contribution in [1.82, 2.24) is 9.55 Å². The van der Waals surface area contributed by atoms with Gasteiger partial charge in [-0.15, -0.1) is 0 Å². The van der Waals surface area contributed by atoms with Gasteiger partial charge >= 0.3 is 0 Å². The molecule has 4 heteroatoms. The highest BCUT2D eigenvalue weighted by Gasteiger charge is 2.11. The molecule has 126 valence electrons. The predicted octanol–water partition coefficient (Wildman–Crippen LogP) is 4.27. The molecule has 0 bridgehead atoms. The summed E-state index contributed by atoms with van der Waals surface area (Å²) in [6.45, 7) is 8.82. The van der Waals surface area contributed by atoms with Gasteiger partial charge in [0.25, 0.3) is 0 Å². The van der Waals surface area contributed by atoms with Gasteiger partial charge in [-0.05, 0) is 50.1 Å². The third-order valence-corrected chi connectivity index (χ3v) is 4.31. The number of rotatable bonds is 7. The summed E-state index contributed by atoms with van der Waals surface area (Å²) < 4.78 is 13.8. The number of imidazole rings is 1. The third-order valence-electron chi connectivity index (χ3n) is 4.31. The smallest absolute Gasteiger partial charge is 0.148 e. The van der Waals surface area contributed by atoms with E-state index in [1.54, 1.807) is 0 Å². The Morgan fingerprint density at radius 3 is 2.71 bits per heavy atom. The predicted molar refractivity (Wildman–Crippen MR) is 96.5 cm³/mol. The van der Waals surface area contributed by atoms with E-state index in [0.717, 1.165) is 35.8 Å². The van der Waals surface area contributed by atoms with Crippen molar-refractivity contribution < 1.29 is 9.47 Å². The number of benzene rings is 2. The Morgan fingerprint density at radius 2 is 1.88 bits per heavy atom. The zero-order chi connectivity index (χ0) is 16.9. The Hall–Kier alpha value is -2.33. The molecular weight excluding hydrogens is 300 g/mol. The Labute approximate surface area is 143 Å². The first-order valence-electron chi connectivity index (χ1n) is 8.41. The summed E-state index contributed by atoms with van der Waals surface area (Å²) in [6, 6.07) is 14.3. The second-order valence-corrected chi connectivity index (χ2v) is 5.85. The van der Waals surface area contributed by atoms with E-state index in [0.29, 0.717) is 13.2 Å². The van der Waals surface area contributed by atoms with E-state index in [9.17, 15) is 0 Å². The molecule has 1 heterocycles. The Bertz CT molecular complexity index is 824. The van der Waals surface area contributed by atoms with Gasteiger partial charge in [-0.1, -0.05) is 24.3 Å². The fraction of sp³-hybridized carbons (Fsp3) is 0.350. The van der Waals surface area contributed by atoms with Gasteiger partial charge in [-0.3, -0.25) is 0 Å². The Kier molecular flexibility index (Phi) is 5.16. The molecule has 0 spiro atoms. The van der Waals surface area contributed by atoms with Crippen LogP contribution in [0.3, 0.4) is 0 Å². The highest BCUT2D eigenvalue weighted by Crippen LogP contribution is 2.23. The van der Waals surface area contributed by atoms with Crippen molar-refractivity contribution in [2.75, 3.05) is 13.2 Å². The second kappa shape index (κ2) is 7.49. The maximum absolute atomic E-state index is 6.06. The number of para-hydroxylation sites is 2. The van der Waals surface area contributed by atoms with E-state index in [4.69, 9.17) is 14.5 Å². The van der Waals surface area contributed by atoms with Crippen molar-refractivity contribution >= 4 is 11.0 Å². The molecule has 2 aromatic carbocycles. The first-order valence-corrected chi connectivity index (χ1v) is 8.41. The molecule has 0 radical (unpaired) electrons. The Balaban J connectivity index is 1.85. The van der Waals surface area contributed by atoms with Crippen molar-refractivity contribution in [2.24, 2.45) is 0 Å². The van der Waals surface area contributed by atoms with Crippen molar-refractivity contribution in [2.45, 2.75) is 33.9 Å². The summed E-state index contributed by atoms with van der Waals surface area (Å²) in [5.41, 5.74) is 4.53. The van der Waals surface area contributed by atoms with E-state index in [2.05, 4.69) is 30.5 Å². The quantitative estimate of drug-likeness (QED) is 0.609. The average molecular weight is 324 g/mol. The highest BCUT2D eigenvalue weighted by molar-refractivity contribution is 5.75. The van der Waals surface area contributed by atoms with Crippen LogP contribution in [-0.2, 0) is 17.9 Å². The highest BCUT2D eigenvalue weighted by atomic mass is 16.5. The fourth-order valence-electron chi connectivity index (χ4n) is 2.81. The van der Waals surface area contributed by atoms with Crippen molar-refractivity contribution in [1.29, 1.82) is 0 Å². The molecule has 0 saturated heterocycles. The third kappa shape index (κ3) is 3.44. The molecule has 0 fully saturated rings. The summed E-state index contributed by atoms with van der Waals surface area (Å²) in [5.74, 6) is 1.84. The minimum absolute atomic E-state index is 0.450. The molecule has 0 unspecified atom stereocenters. The molecule has 0 aliphatic heterocycles. The van der Waals surface area contributed by atoms with Crippen molar-refractivity contribution in [3.8, 4) is 5.75 Å². The number of hydrogen-bond donors (Lipinski definition) is 0. The molecule has 0 amide bonds. The van der Waals surface area contributed by atoms with Crippen molar-refractivity contribution in [3.05, 3.63) is 59.4 Å². The lowest BCUT2D eigenvalue weighted by atomic mass is 10.1. The molecule has 1 aromatic heterocycles. The lowest BCUT2D eigenvalue weighted by Crippen LogP contribution is -2.11. The number of fused-ring (bicyclic) bond motifs is 1. The summed E-state index contributed by atoms with van der Waals surface area (Å²) in [4.78, 5) is 4.74. The second-order valence-electron chi connectivity index (χ2n) is 5.85. The normalized spacial score (nSPS) is 11.1. The van der Waals surface area contributed by atoms with E-state index >= 15 is 0 Å². The van der Waals surface area contributed by atoms with Crippen LogP contribution in [0.2, 0.25) is 0 Å². The SMILES string of the molecule is CCOCCn1c(COc2cccc(C)c2C)nc2ccccc21. The molecule has 0 saturated carbocycles. The summed E-state index contributed by atoms with van der Waals surface area (Å²) >= 11 is 0. The lowest BCUT2D eigenvalue weighted by Gasteiger charge is -2.12. The van der Waals surface area contributed by atoms with Crippen LogP contribution in [0.1, 0.15) is 23.9 Å². The van der Waals surface area contributed by atoms with Gasteiger partial charge in [-0.25, -0.2) is 4.98 Å². The number of hydrogen-bond acceptors (Lipinski definition) is 3. The van der Waals surface area contributed by atoms with Gasteiger partial charge in [0.05, 0.1) is 17.6 Å². The van der Waals surface area contributed by atoms with Gasteiger partial charge in [0.15, 0.2) is 0 Å². The summed E-state index contributed by atoms with van der Waals surface area (Å²) in [5, 5.41) is 0. The van der Waals surface area contributed by atoms with Crippen LogP contribution in [0.25, 0.3) is 11.0 Å². The maximum atomic E-state index is 6.06. The van der Waals surface area contributed by atoms with Gasteiger partial charge in [0.2, 0.25) is 0 Å². The fourth-order valence-corrected chi connectivity index (χ4v) is 2.81. The first kappa shape index (κ1) is 16.5. The van der Waals surface area contributed by atoms with Crippen molar-refractivity contribution in [3.63, 3.8) is 0 Å². The molecule has 0 atom stereocenters. The monoisotopic (exact) mass is 324 g/mol. The van der Waals surface area contributed by atoms with Gasteiger partial charge in [-0.2, -0.15) is 0 Å². The van der Waals surface area contributed by atoms with Gasteiger partial charge in [0.1, 0.15) is 18.2 Å². The van der Waals surface area contributed by atoms with Gasteiger partial charge in [0, 0.05) is 13.2 Å². The molecule has 24 heavy (non-hydrogen) atoms. The molecule has 0 aliphatic carbocycles. The minimum Gasteiger partial charge on any atom is -0.485 e. The minimum atomic E-state index is 0.450. The van der Waals surface area contributed by atoms with Crippen LogP contribution < -0.4 is 4.74 Å². The topological polar surface area (TPSA) is 36.3 Å². The largest absolute Gasteiger partial charge is 0.485 e. The lowest BCUT2D eigenvalue weighted by molar-refractivity contribution is 0.138. The van der Waals surface area contributed by atoms with Crippen LogP contribution in [0.5, 0.6) is 5.75 Å². The van der Waals surface area contributed by atoms with E-state index < -0.39 is 0 Å². The zero-order valence-electron chi connectivity index (χ0n) is 14.6.